The molecule has 108 valence electrons. The van der Waals surface area contributed by atoms with E-state index in [0.29, 0.717) is 17.8 Å². The highest BCUT2D eigenvalue weighted by molar-refractivity contribution is 5.80. The number of rotatable bonds is 2. The first-order valence-electron chi connectivity index (χ1n) is 7.29. The third-order valence-electron chi connectivity index (χ3n) is 4.05. The van der Waals surface area contributed by atoms with Crippen molar-refractivity contribution in [3.63, 3.8) is 0 Å². The van der Waals surface area contributed by atoms with Gasteiger partial charge in [0.05, 0.1) is 17.4 Å². The summed E-state index contributed by atoms with van der Waals surface area (Å²) in [6.07, 6.45) is 4.22. The molecule has 4 rings (SSSR count). The van der Waals surface area contributed by atoms with Crippen molar-refractivity contribution in [1.82, 2.24) is 25.1 Å². The fourth-order valence-corrected chi connectivity index (χ4v) is 2.95. The summed E-state index contributed by atoms with van der Waals surface area (Å²) >= 11 is 0. The summed E-state index contributed by atoms with van der Waals surface area (Å²) in [7, 11) is 0. The van der Waals surface area contributed by atoms with Gasteiger partial charge in [-0.2, -0.15) is 0 Å². The van der Waals surface area contributed by atoms with Gasteiger partial charge < -0.3 is 14.3 Å². The minimum Gasteiger partial charge on any atom is -0.421 e. The second-order valence-corrected chi connectivity index (χ2v) is 5.46. The van der Waals surface area contributed by atoms with Crippen LogP contribution in [0.25, 0.3) is 22.5 Å². The highest BCUT2D eigenvalue weighted by Gasteiger charge is 2.18. The van der Waals surface area contributed by atoms with Crippen LogP contribution in [0.2, 0.25) is 0 Å². The maximum absolute atomic E-state index is 5.52. The monoisotopic (exact) mass is 283 g/mol. The van der Waals surface area contributed by atoms with Crippen LogP contribution >= 0.6 is 0 Å². The minimum atomic E-state index is 0.510. The van der Waals surface area contributed by atoms with Gasteiger partial charge in [-0.05, 0) is 44.1 Å². The van der Waals surface area contributed by atoms with E-state index in [1.807, 2.05) is 18.5 Å². The van der Waals surface area contributed by atoms with E-state index < -0.39 is 0 Å². The maximum atomic E-state index is 5.52. The van der Waals surface area contributed by atoms with Crippen molar-refractivity contribution >= 4 is 11.0 Å². The Kier molecular flexibility index (Phi) is 2.96. The number of benzene rings is 1. The Morgan fingerprint density at radius 1 is 1.24 bits per heavy atom. The molecule has 0 unspecified atom stereocenters. The number of imidazole rings is 1. The average Bonchev–Trinajstić information content (AvgIpc) is 3.13. The molecular formula is C15H17N5O. The first-order chi connectivity index (χ1) is 10.3. The fourth-order valence-electron chi connectivity index (χ4n) is 2.95. The maximum Gasteiger partial charge on any atom is 0.247 e. The Morgan fingerprint density at radius 3 is 2.86 bits per heavy atom. The zero-order chi connectivity index (χ0) is 14.2. The van der Waals surface area contributed by atoms with Crippen LogP contribution in [0, 0.1) is 6.92 Å². The van der Waals surface area contributed by atoms with Gasteiger partial charge in [0.1, 0.15) is 0 Å². The van der Waals surface area contributed by atoms with Gasteiger partial charge in [-0.15, -0.1) is 10.2 Å². The van der Waals surface area contributed by atoms with Crippen LogP contribution in [-0.4, -0.2) is 32.8 Å². The molecule has 3 heterocycles. The van der Waals surface area contributed by atoms with Crippen molar-refractivity contribution in [2.45, 2.75) is 25.8 Å². The molecule has 0 aliphatic carbocycles. The molecule has 21 heavy (non-hydrogen) atoms. The molecule has 2 aromatic heterocycles. The summed E-state index contributed by atoms with van der Waals surface area (Å²) in [5.74, 6) is 1.14. The summed E-state index contributed by atoms with van der Waals surface area (Å²) < 4.78 is 7.80. The Balaban J connectivity index is 1.78. The van der Waals surface area contributed by atoms with Gasteiger partial charge in [0, 0.05) is 18.5 Å². The number of hydrogen-bond donors (Lipinski definition) is 1. The third kappa shape index (κ3) is 2.21. The van der Waals surface area contributed by atoms with Gasteiger partial charge in [-0.1, -0.05) is 0 Å². The Hall–Kier alpha value is -2.21. The van der Waals surface area contributed by atoms with Gasteiger partial charge in [0.15, 0.2) is 0 Å². The molecule has 3 aromatic rings. The van der Waals surface area contributed by atoms with Crippen LogP contribution in [0.3, 0.4) is 0 Å². The molecule has 1 N–H and O–H groups in total. The molecule has 0 amide bonds. The van der Waals surface area contributed by atoms with E-state index in [1.165, 1.54) is 0 Å². The number of fused-ring (bicyclic) bond motifs is 1. The van der Waals surface area contributed by atoms with Crippen molar-refractivity contribution in [1.29, 1.82) is 0 Å². The van der Waals surface area contributed by atoms with Crippen LogP contribution in [0.15, 0.2) is 28.9 Å². The Labute approximate surface area is 122 Å². The summed E-state index contributed by atoms with van der Waals surface area (Å²) in [6, 6.07) is 6.60. The topological polar surface area (TPSA) is 68.8 Å². The lowest BCUT2D eigenvalue weighted by Crippen LogP contribution is -2.29. The van der Waals surface area contributed by atoms with Crippen molar-refractivity contribution in [2.24, 2.45) is 0 Å². The van der Waals surface area contributed by atoms with E-state index in [4.69, 9.17) is 4.42 Å². The van der Waals surface area contributed by atoms with Gasteiger partial charge in [-0.3, -0.25) is 0 Å². The number of aromatic nitrogens is 4. The van der Waals surface area contributed by atoms with Crippen molar-refractivity contribution in [3.8, 4) is 11.5 Å². The summed E-state index contributed by atoms with van der Waals surface area (Å²) in [5, 5.41) is 11.4. The lowest BCUT2D eigenvalue weighted by Gasteiger charge is -2.24. The number of nitrogens with one attached hydrogen (secondary N) is 1. The highest BCUT2D eigenvalue weighted by atomic mass is 16.4. The molecule has 1 saturated heterocycles. The van der Waals surface area contributed by atoms with Gasteiger partial charge >= 0.3 is 0 Å². The second kappa shape index (κ2) is 4.96. The van der Waals surface area contributed by atoms with E-state index in [9.17, 15) is 0 Å². The molecule has 6 nitrogen and oxygen atoms in total. The van der Waals surface area contributed by atoms with E-state index in [2.05, 4.69) is 31.1 Å². The number of piperidine rings is 1. The molecule has 0 atom stereocenters. The predicted octanol–water partition coefficient (Wildman–Crippen LogP) is 2.32. The van der Waals surface area contributed by atoms with Crippen LogP contribution in [-0.2, 0) is 0 Å². The van der Waals surface area contributed by atoms with Gasteiger partial charge in [0.2, 0.25) is 11.8 Å². The number of aryl methyl sites for hydroxylation is 1. The number of nitrogens with zero attached hydrogens (tertiary/aromatic N) is 4. The molecule has 0 radical (unpaired) electrons. The zero-order valence-electron chi connectivity index (χ0n) is 11.9. The largest absolute Gasteiger partial charge is 0.421 e. The van der Waals surface area contributed by atoms with E-state index >= 15 is 0 Å². The molecular weight excluding hydrogens is 266 g/mol. The second-order valence-electron chi connectivity index (χ2n) is 5.46. The van der Waals surface area contributed by atoms with Crippen LogP contribution in [0.1, 0.15) is 24.8 Å². The Morgan fingerprint density at radius 2 is 2.10 bits per heavy atom. The highest BCUT2D eigenvalue weighted by Crippen LogP contribution is 2.27. The first kappa shape index (κ1) is 12.5. The SMILES string of the molecule is Cc1nnc(-c2ccc3ncn(C4CCNCC4)c3c2)o1. The normalized spacial score (nSPS) is 16.6. The van der Waals surface area contributed by atoms with Crippen LogP contribution in [0.5, 0.6) is 0 Å². The van der Waals surface area contributed by atoms with Crippen molar-refractivity contribution < 1.29 is 4.42 Å². The molecule has 1 aliphatic rings. The standard InChI is InChI=1S/C15H17N5O/c1-10-18-19-15(21-10)11-2-3-13-14(8-11)20(9-17-13)12-4-6-16-7-5-12/h2-3,8-9,12,16H,4-7H2,1H3. The minimum absolute atomic E-state index is 0.510. The quantitative estimate of drug-likeness (QED) is 0.781. The van der Waals surface area contributed by atoms with Gasteiger partial charge in [-0.25, -0.2) is 4.98 Å². The molecule has 1 aliphatic heterocycles. The summed E-state index contributed by atoms with van der Waals surface area (Å²) in [4.78, 5) is 4.51. The van der Waals surface area contributed by atoms with Gasteiger partial charge in [0.25, 0.3) is 0 Å². The molecule has 0 spiro atoms. The van der Waals surface area contributed by atoms with E-state index in [-0.39, 0.29) is 0 Å². The van der Waals surface area contributed by atoms with Crippen molar-refractivity contribution in [2.75, 3.05) is 13.1 Å². The van der Waals surface area contributed by atoms with Crippen LogP contribution in [0.4, 0.5) is 0 Å². The summed E-state index contributed by atoms with van der Waals surface area (Å²) in [5.41, 5.74) is 3.09. The lowest BCUT2D eigenvalue weighted by atomic mass is 10.1. The first-order valence-corrected chi connectivity index (χ1v) is 7.29. The number of hydrogen-bond acceptors (Lipinski definition) is 5. The van der Waals surface area contributed by atoms with Crippen LogP contribution < -0.4 is 5.32 Å². The average molecular weight is 283 g/mol. The third-order valence-corrected chi connectivity index (χ3v) is 4.05. The summed E-state index contributed by atoms with van der Waals surface area (Å²) in [6.45, 7) is 3.92. The molecule has 1 aromatic carbocycles. The van der Waals surface area contributed by atoms with Crippen molar-refractivity contribution in [3.05, 3.63) is 30.4 Å². The van der Waals surface area contributed by atoms with E-state index in [0.717, 1.165) is 42.5 Å². The smallest absolute Gasteiger partial charge is 0.247 e. The predicted molar refractivity (Wildman–Crippen MR) is 78.9 cm³/mol. The van der Waals surface area contributed by atoms with E-state index in [1.54, 1.807) is 6.92 Å². The Bertz CT molecular complexity index is 769. The molecule has 6 heteroatoms. The molecule has 1 fully saturated rings. The zero-order valence-corrected chi connectivity index (χ0v) is 11.9. The fraction of sp³-hybridized carbons (Fsp3) is 0.400. The molecule has 0 bridgehead atoms. The lowest BCUT2D eigenvalue weighted by molar-refractivity contribution is 0.374. The molecule has 0 saturated carbocycles.